The number of rotatable bonds is 7. The lowest BCUT2D eigenvalue weighted by atomic mass is 9.81. The molecule has 38 heavy (non-hydrogen) atoms. The zero-order valence-electron chi connectivity index (χ0n) is 22.0. The van der Waals surface area contributed by atoms with E-state index in [-0.39, 0.29) is 17.9 Å². The van der Waals surface area contributed by atoms with Gasteiger partial charge in [-0.05, 0) is 74.6 Å². The van der Waals surface area contributed by atoms with Crippen molar-refractivity contribution in [3.05, 3.63) is 94.5 Å². The van der Waals surface area contributed by atoms with E-state index in [9.17, 15) is 10.1 Å². The molecule has 1 aliphatic rings. The van der Waals surface area contributed by atoms with Gasteiger partial charge in [0.1, 0.15) is 17.4 Å². The van der Waals surface area contributed by atoms with Gasteiger partial charge >= 0.3 is 6.09 Å². The molecule has 1 fully saturated rings. The summed E-state index contributed by atoms with van der Waals surface area (Å²) in [4.78, 5) is 15.6. The maximum atomic E-state index is 12.8. The minimum Gasteiger partial charge on any atom is -0.492 e. The van der Waals surface area contributed by atoms with Crippen LogP contribution in [0.3, 0.4) is 0 Å². The van der Waals surface area contributed by atoms with E-state index in [1.54, 1.807) is 16.7 Å². The van der Waals surface area contributed by atoms with Gasteiger partial charge in [-0.25, -0.2) is 4.79 Å². The molecule has 1 heterocycles. The minimum atomic E-state index is -0.557. The standard InChI is InChI=1S/C31H33ClN2O3S/c1-31(2,3)37-30(35)34-16-15-28(23-9-11-26(32)12-10-23)25(19-34)20-36-29-14-13-27(17-24(29)18-33)38-21-22-7-5-4-6-8-22/h4-14,17,25,28H,15-16,19-21H2,1-3H3/t25-,28-/m0/s1. The third-order valence-electron chi connectivity index (χ3n) is 6.46. The van der Waals surface area contributed by atoms with Gasteiger partial charge in [-0.2, -0.15) is 5.26 Å². The number of thioether (sulfide) groups is 1. The second kappa shape index (κ2) is 12.6. The van der Waals surface area contributed by atoms with Crippen LogP contribution in [0.25, 0.3) is 0 Å². The van der Waals surface area contributed by atoms with Crippen LogP contribution in [0.1, 0.15) is 49.8 Å². The lowest BCUT2D eigenvalue weighted by Crippen LogP contribution is -2.46. The molecule has 2 atom stereocenters. The second-order valence-electron chi connectivity index (χ2n) is 10.5. The van der Waals surface area contributed by atoms with Crippen molar-refractivity contribution < 1.29 is 14.3 Å². The molecule has 0 unspecified atom stereocenters. The first-order chi connectivity index (χ1) is 18.2. The molecule has 1 saturated heterocycles. The van der Waals surface area contributed by atoms with Crippen molar-refractivity contribution in [2.75, 3.05) is 19.7 Å². The van der Waals surface area contributed by atoms with Crippen molar-refractivity contribution in [1.29, 1.82) is 5.26 Å². The number of benzene rings is 3. The van der Waals surface area contributed by atoms with Crippen LogP contribution in [0, 0.1) is 17.2 Å². The fourth-order valence-electron chi connectivity index (χ4n) is 4.59. The quantitative estimate of drug-likeness (QED) is 0.280. The van der Waals surface area contributed by atoms with E-state index >= 15 is 0 Å². The predicted octanol–water partition coefficient (Wildman–Crippen LogP) is 7.92. The Labute approximate surface area is 234 Å². The van der Waals surface area contributed by atoms with E-state index in [4.69, 9.17) is 21.1 Å². The van der Waals surface area contributed by atoms with Crippen molar-refractivity contribution in [2.45, 2.75) is 49.4 Å². The second-order valence-corrected chi connectivity index (χ2v) is 12.0. The molecule has 0 N–H and O–H groups in total. The highest BCUT2D eigenvalue weighted by Gasteiger charge is 2.35. The average molecular weight is 549 g/mol. The number of nitrogens with zero attached hydrogens (tertiary/aromatic N) is 2. The van der Waals surface area contributed by atoms with Gasteiger partial charge in [0.15, 0.2) is 0 Å². The SMILES string of the molecule is CC(C)(C)OC(=O)N1CC[C@@H](c2ccc(Cl)cc2)[C@H](COc2ccc(SCc3ccccc3)cc2C#N)C1. The van der Waals surface area contributed by atoms with Crippen LogP contribution in [0.2, 0.25) is 5.02 Å². The van der Waals surface area contributed by atoms with Gasteiger partial charge in [-0.3, -0.25) is 0 Å². The van der Waals surface area contributed by atoms with Crippen LogP contribution in [-0.2, 0) is 10.5 Å². The number of halogens is 1. The number of carbonyl (C=O) groups excluding carboxylic acids is 1. The number of nitriles is 1. The minimum absolute atomic E-state index is 0.0242. The van der Waals surface area contributed by atoms with E-state index in [0.29, 0.717) is 36.0 Å². The van der Waals surface area contributed by atoms with Crippen LogP contribution in [-0.4, -0.2) is 36.3 Å². The normalized spacial score (nSPS) is 17.5. The fraction of sp³-hybridized carbons (Fsp3) is 0.355. The molecule has 198 valence electrons. The van der Waals surface area contributed by atoms with E-state index in [1.807, 2.05) is 81.4 Å². The van der Waals surface area contributed by atoms with Crippen LogP contribution in [0.4, 0.5) is 4.79 Å². The summed E-state index contributed by atoms with van der Waals surface area (Å²) in [5.41, 5.74) is 2.35. The first-order valence-corrected chi connectivity index (χ1v) is 14.2. The highest BCUT2D eigenvalue weighted by atomic mass is 35.5. The highest BCUT2D eigenvalue weighted by Crippen LogP contribution is 2.36. The molecular weight excluding hydrogens is 516 g/mol. The Bertz CT molecular complexity index is 1270. The van der Waals surface area contributed by atoms with Gasteiger partial charge in [0, 0.05) is 34.7 Å². The molecule has 3 aromatic rings. The van der Waals surface area contributed by atoms with Gasteiger partial charge in [-0.1, -0.05) is 54.1 Å². The van der Waals surface area contributed by atoms with Gasteiger partial charge in [0.05, 0.1) is 12.2 Å². The molecule has 0 spiro atoms. The van der Waals surface area contributed by atoms with Crippen molar-refractivity contribution >= 4 is 29.5 Å². The first-order valence-electron chi connectivity index (χ1n) is 12.8. The zero-order valence-corrected chi connectivity index (χ0v) is 23.6. The maximum Gasteiger partial charge on any atom is 0.410 e. The Balaban J connectivity index is 1.47. The molecule has 7 heteroatoms. The van der Waals surface area contributed by atoms with E-state index in [0.717, 1.165) is 17.1 Å². The molecule has 1 amide bonds. The first kappa shape index (κ1) is 27.9. The maximum absolute atomic E-state index is 12.8. The van der Waals surface area contributed by atoms with E-state index in [1.165, 1.54) is 11.1 Å². The largest absolute Gasteiger partial charge is 0.492 e. The summed E-state index contributed by atoms with van der Waals surface area (Å²) >= 11 is 7.82. The van der Waals surface area contributed by atoms with Crippen LogP contribution < -0.4 is 4.74 Å². The summed E-state index contributed by atoms with van der Waals surface area (Å²) in [5.74, 6) is 1.60. The number of hydrogen-bond acceptors (Lipinski definition) is 5. The number of hydrogen-bond donors (Lipinski definition) is 0. The number of ether oxygens (including phenoxy) is 2. The molecule has 3 aromatic carbocycles. The number of carbonyl (C=O) groups is 1. The van der Waals surface area contributed by atoms with Crippen molar-refractivity contribution in [1.82, 2.24) is 4.90 Å². The molecule has 0 radical (unpaired) electrons. The summed E-state index contributed by atoms with van der Waals surface area (Å²) < 4.78 is 11.9. The Morgan fingerprint density at radius 3 is 2.53 bits per heavy atom. The van der Waals surface area contributed by atoms with E-state index < -0.39 is 5.60 Å². The summed E-state index contributed by atoms with van der Waals surface area (Å²) in [5, 5.41) is 10.5. The highest BCUT2D eigenvalue weighted by molar-refractivity contribution is 7.98. The number of amides is 1. The summed E-state index contributed by atoms with van der Waals surface area (Å²) in [6.07, 6.45) is 0.476. The molecule has 1 aliphatic heterocycles. The van der Waals surface area contributed by atoms with Crippen molar-refractivity contribution in [2.24, 2.45) is 5.92 Å². The van der Waals surface area contributed by atoms with Crippen molar-refractivity contribution in [3.63, 3.8) is 0 Å². The fourth-order valence-corrected chi connectivity index (χ4v) is 5.61. The molecule has 0 aliphatic carbocycles. The molecular formula is C31H33ClN2O3S. The monoisotopic (exact) mass is 548 g/mol. The topological polar surface area (TPSA) is 62.6 Å². The van der Waals surface area contributed by atoms with Crippen LogP contribution in [0.15, 0.2) is 77.7 Å². The molecule has 4 rings (SSSR count). The molecule has 0 saturated carbocycles. The summed E-state index contributed by atoms with van der Waals surface area (Å²) in [6.45, 7) is 7.11. The van der Waals surface area contributed by atoms with Gasteiger partial charge in [0.2, 0.25) is 0 Å². The van der Waals surface area contributed by atoms with Gasteiger partial charge in [-0.15, -0.1) is 11.8 Å². The van der Waals surface area contributed by atoms with Crippen molar-refractivity contribution in [3.8, 4) is 11.8 Å². The molecule has 0 bridgehead atoms. The smallest absolute Gasteiger partial charge is 0.410 e. The predicted molar refractivity (Wildman–Crippen MR) is 153 cm³/mol. The summed E-state index contributed by atoms with van der Waals surface area (Å²) in [6, 6.07) is 26.2. The van der Waals surface area contributed by atoms with Gasteiger partial charge < -0.3 is 14.4 Å². The van der Waals surface area contributed by atoms with Gasteiger partial charge in [0.25, 0.3) is 0 Å². The number of piperidine rings is 1. The Morgan fingerprint density at radius 1 is 1.11 bits per heavy atom. The average Bonchev–Trinajstić information content (AvgIpc) is 2.91. The Hall–Kier alpha value is -3.14. The zero-order chi connectivity index (χ0) is 27.1. The molecule has 0 aromatic heterocycles. The Kier molecular flexibility index (Phi) is 9.25. The van der Waals surface area contributed by atoms with Crippen LogP contribution >= 0.6 is 23.4 Å². The number of likely N-dealkylation sites (tertiary alicyclic amines) is 1. The lowest BCUT2D eigenvalue weighted by molar-refractivity contribution is 0.0111. The van der Waals surface area contributed by atoms with Crippen LogP contribution in [0.5, 0.6) is 5.75 Å². The third kappa shape index (κ3) is 7.69. The lowest BCUT2D eigenvalue weighted by Gasteiger charge is -2.39. The van der Waals surface area contributed by atoms with E-state index in [2.05, 4.69) is 18.2 Å². The molecule has 5 nitrogen and oxygen atoms in total. The Morgan fingerprint density at radius 2 is 1.84 bits per heavy atom. The third-order valence-corrected chi connectivity index (χ3v) is 7.77. The summed E-state index contributed by atoms with van der Waals surface area (Å²) in [7, 11) is 0.